The van der Waals surface area contributed by atoms with E-state index in [1.165, 1.54) is 77.9 Å². The Bertz CT molecular complexity index is 6300. The Morgan fingerprint density at radius 1 is 0.362 bits per heavy atom. The van der Waals surface area contributed by atoms with E-state index in [9.17, 15) is 0 Å². The summed E-state index contributed by atoms with van der Waals surface area (Å²) in [7, 11) is 0. The van der Waals surface area contributed by atoms with Crippen molar-refractivity contribution in [1.82, 2.24) is 14.0 Å². The number of hydrogen-bond donors (Lipinski definition) is 4. The summed E-state index contributed by atoms with van der Waals surface area (Å²) >= 11 is 0. The number of aromatic nitrogens is 2. The van der Waals surface area contributed by atoms with Gasteiger partial charge in [0, 0.05) is 58.1 Å². The Balaban J connectivity index is 0.959. The number of benzene rings is 8. The zero-order chi connectivity index (χ0) is 81.1. The van der Waals surface area contributed by atoms with Crippen molar-refractivity contribution >= 4 is 74.4 Å². The summed E-state index contributed by atoms with van der Waals surface area (Å²) in [5.41, 5.74) is 35.8. The second-order valence-corrected chi connectivity index (χ2v) is 38.6. The van der Waals surface area contributed by atoms with Crippen molar-refractivity contribution < 1.29 is 23.8 Å². The van der Waals surface area contributed by atoms with Crippen LogP contribution in [-0.2, 0) is 25.1 Å². The first-order valence-corrected chi connectivity index (χ1v) is 41.8. The molecule has 4 aliphatic carbocycles. The smallest absolute Gasteiger partial charge is 0.325 e. The zero-order valence-electron chi connectivity index (χ0n) is 70.4. The van der Waals surface area contributed by atoms with Crippen molar-refractivity contribution in [3.63, 3.8) is 0 Å². The molecule has 4 N–H and O–H groups in total. The van der Waals surface area contributed by atoms with Crippen LogP contribution in [0.25, 0.3) is 66.8 Å². The molecule has 8 heterocycles. The fraction of sp³-hybridized carbons (Fsp3) is 0.317. The van der Waals surface area contributed by atoms with Crippen LogP contribution >= 0.6 is 0 Å². The molecule has 4 saturated carbocycles. The van der Waals surface area contributed by atoms with Gasteiger partial charge in [-0.15, -0.1) is 4.58 Å². The van der Waals surface area contributed by atoms with E-state index in [1.807, 2.05) is 36.4 Å². The lowest BCUT2D eigenvalue weighted by atomic mass is 9.84. The van der Waals surface area contributed by atoms with Crippen LogP contribution in [0.3, 0.4) is 0 Å². The maximum Gasteiger partial charge on any atom is 0.426 e. The van der Waals surface area contributed by atoms with Gasteiger partial charge in [-0.05, 0) is 309 Å². The summed E-state index contributed by atoms with van der Waals surface area (Å²) in [6, 6.07) is 55.9. The minimum Gasteiger partial charge on any atom is -0.325 e. The standard InChI is InChI=1S/C104H102N8O4/c1-53-26-27-70(57(5)36-53)64-43-65(87-58(6)37-54(2)38-59(87)7)46-68(44-64)90-79-28-32-83-94(92-75(105-96(113)71-49-100(71,12)13)22-20-23-76(92)106-97(114)72-50-101(72,14)15)85-34-30-81-91(69-47-66(88-60(8)39-55(3)40-61(88)9)45-67(48-69)89-62(10)41-56(4)42-63(89)11)82-31-35-86-95(84-33-29-80(90)110(84)104(109(79)83,111(81)85)112(82)86)93-77(107-98(115)73-51-102(73,16)17)24-21-25-78(93)108-99(116)74-52-103(74,18)19/h20-48,71-74,79H,49-52H2,1-19H3,(H3-,105,106,107,108,113,114,115,116)/p+1. The Kier molecular flexibility index (Phi) is 15.8. The van der Waals surface area contributed by atoms with Crippen molar-refractivity contribution in [1.29, 1.82) is 0 Å². The van der Waals surface area contributed by atoms with Crippen LogP contribution in [0.15, 0.2) is 187 Å². The third kappa shape index (κ3) is 11.0. The van der Waals surface area contributed by atoms with E-state index >= 15 is 19.2 Å². The Hall–Kier alpha value is -11.6. The van der Waals surface area contributed by atoms with E-state index < -0.39 is 12.0 Å². The lowest BCUT2D eigenvalue weighted by molar-refractivity contribution is -0.638. The topological polar surface area (TPSA) is 133 Å². The van der Waals surface area contributed by atoms with E-state index in [0.29, 0.717) is 28.3 Å². The van der Waals surface area contributed by atoms with Crippen molar-refractivity contribution in [2.75, 3.05) is 21.3 Å². The van der Waals surface area contributed by atoms with Crippen LogP contribution < -0.4 is 32.0 Å². The van der Waals surface area contributed by atoms with Crippen LogP contribution in [-0.4, -0.2) is 54.0 Å². The molecule has 0 radical (unpaired) electrons. The average molecular weight is 1530 g/mol. The van der Waals surface area contributed by atoms with Crippen LogP contribution in [0.4, 0.5) is 22.7 Å². The molecule has 10 aromatic rings. The molecule has 6 unspecified atom stereocenters. The van der Waals surface area contributed by atoms with E-state index in [0.717, 1.165) is 132 Å². The first-order chi connectivity index (χ1) is 55.1. The van der Waals surface area contributed by atoms with E-state index in [2.05, 4.69) is 311 Å². The van der Waals surface area contributed by atoms with E-state index in [1.54, 1.807) is 0 Å². The SMILES string of the molecule is Cc1ccc(-c2cc(C3=c4ccc5n4C46N7C(=C(c8c(NC(=O)C9CC9(C)C)cccc8NC(=O)C8CC8(C)C)c8ccc(n84)C(c4cc(-c8c(C)cc(C)cc8C)cc(-c8c(C)cc(C)cc8C)c4)=C4C=CC(=[N+]46)C=5c4c(NC(=O)C5CC5(C)C)cccc4NC(=O)C4CC4(C)C)C=CC37)cc(-c3c(C)cc(C)cc3C)c2)c(C)c1. The second kappa shape index (κ2) is 24.9. The molecule has 2 aromatic heterocycles. The first kappa shape index (κ1) is 73.3. The molecular formula is C104H103N8O4+. The minimum absolute atomic E-state index is 0.0539. The molecule has 12 nitrogen and oxygen atoms in total. The predicted molar refractivity (Wildman–Crippen MR) is 469 cm³/mol. The highest BCUT2D eigenvalue weighted by molar-refractivity contribution is 6.31. The fourth-order valence-corrected chi connectivity index (χ4v) is 21.8. The van der Waals surface area contributed by atoms with Gasteiger partial charge in [0.2, 0.25) is 35.0 Å². The van der Waals surface area contributed by atoms with Gasteiger partial charge in [-0.3, -0.25) is 24.1 Å². The molecule has 116 heavy (non-hydrogen) atoms. The van der Waals surface area contributed by atoms with Crippen LogP contribution in [0, 0.1) is 121 Å². The molecule has 1 spiro atoms. The largest absolute Gasteiger partial charge is 0.426 e. The third-order valence-corrected chi connectivity index (χ3v) is 28.0. The van der Waals surface area contributed by atoms with Crippen molar-refractivity contribution in [2.45, 2.75) is 169 Å². The van der Waals surface area contributed by atoms with Gasteiger partial charge in [-0.2, -0.15) is 0 Å². The Morgan fingerprint density at radius 3 is 1.17 bits per heavy atom. The fourth-order valence-electron chi connectivity index (χ4n) is 21.8. The number of anilines is 4. The molecule has 0 bridgehead atoms. The maximum atomic E-state index is 15.2. The second-order valence-electron chi connectivity index (χ2n) is 38.6. The summed E-state index contributed by atoms with van der Waals surface area (Å²) in [6.45, 7) is 41.7. The number of amides is 4. The number of allylic oxidation sites excluding steroid dienone is 3. The van der Waals surface area contributed by atoms with E-state index in [4.69, 9.17) is 0 Å². The Labute approximate surface area is 681 Å². The van der Waals surface area contributed by atoms with Gasteiger partial charge in [-0.1, -0.05) is 150 Å². The normalized spacial score (nSPS) is 22.1. The molecule has 12 heteroatoms. The van der Waals surface area contributed by atoms with Gasteiger partial charge in [0.15, 0.2) is 0 Å². The summed E-state index contributed by atoms with van der Waals surface area (Å²) in [4.78, 5) is 63.6. The summed E-state index contributed by atoms with van der Waals surface area (Å²) < 4.78 is 7.80. The minimum atomic E-state index is -1.35. The van der Waals surface area contributed by atoms with Crippen LogP contribution in [0.1, 0.15) is 176 Å². The third-order valence-electron chi connectivity index (χ3n) is 28.0. The molecule has 6 atom stereocenters. The molecule has 6 aliphatic heterocycles. The molecule has 4 amide bonds. The predicted octanol–water partition coefficient (Wildman–Crippen LogP) is 20.6. The number of nitrogens with zero attached hydrogens (tertiary/aromatic N) is 4. The number of carbonyl (C=O) groups excluding carboxylic acids is 4. The van der Waals surface area contributed by atoms with E-state index in [-0.39, 0.29) is 69.0 Å². The number of carbonyl (C=O) groups is 4. The van der Waals surface area contributed by atoms with Gasteiger partial charge < -0.3 is 21.3 Å². The van der Waals surface area contributed by atoms with Gasteiger partial charge in [0.25, 0.3) is 0 Å². The number of rotatable bonds is 16. The van der Waals surface area contributed by atoms with Gasteiger partial charge in [0.05, 0.1) is 67.7 Å². The summed E-state index contributed by atoms with van der Waals surface area (Å²) in [5.74, 6) is -2.41. The highest BCUT2D eigenvalue weighted by Gasteiger charge is 2.70. The molecule has 582 valence electrons. The highest BCUT2D eigenvalue weighted by Crippen LogP contribution is 2.61. The average Bonchev–Trinajstić information content (AvgIpc) is 1.41. The first-order valence-electron chi connectivity index (χ1n) is 41.8. The van der Waals surface area contributed by atoms with Crippen LogP contribution in [0.5, 0.6) is 0 Å². The monoisotopic (exact) mass is 1530 g/mol. The number of aryl methyl sites for hydroxylation is 11. The van der Waals surface area contributed by atoms with Crippen molar-refractivity contribution in [3.05, 3.63) is 293 Å². The Morgan fingerprint density at radius 2 is 0.741 bits per heavy atom. The number of nitrogens with one attached hydrogen (secondary N) is 4. The molecule has 20 rings (SSSR count). The quantitative estimate of drug-likeness (QED) is 0.0716. The molecular weight excluding hydrogens is 1430 g/mol. The highest BCUT2D eigenvalue weighted by atomic mass is 16.2. The van der Waals surface area contributed by atoms with Gasteiger partial charge >= 0.3 is 5.91 Å². The zero-order valence-corrected chi connectivity index (χ0v) is 70.4. The molecule has 8 aromatic carbocycles. The summed E-state index contributed by atoms with van der Waals surface area (Å²) in [5, 5.41) is 16.2. The van der Waals surface area contributed by atoms with Crippen molar-refractivity contribution in [3.8, 4) is 44.5 Å². The van der Waals surface area contributed by atoms with Gasteiger partial charge in [-0.25, -0.2) is 9.13 Å². The molecule has 0 saturated heterocycles. The van der Waals surface area contributed by atoms with Crippen LogP contribution in [0.2, 0.25) is 0 Å². The number of hydrogen-bond acceptors (Lipinski definition) is 5. The van der Waals surface area contributed by atoms with Gasteiger partial charge in [0.1, 0.15) is 0 Å². The molecule has 10 aliphatic rings. The summed E-state index contributed by atoms with van der Waals surface area (Å²) in [6.07, 6.45) is 12.4. The van der Waals surface area contributed by atoms with Crippen molar-refractivity contribution in [2.24, 2.45) is 45.3 Å². The lowest BCUT2D eigenvalue weighted by Crippen LogP contribution is -2.74. The molecule has 4 fully saturated rings. The lowest BCUT2D eigenvalue weighted by Gasteiger charge is -2.53. The maximum absolute atomic E-state index is 15.2.